The van der Waals surface area contributed by atoms with Crippen LogP contribution in [0.1, 0.15) is 80.4 Å². The molecule has 226 valence electrons. The number of hydrogen-bond donors (Lipinski definition) is 2. The largest absolute Gasteiger partial charge is 0.363 e. The van der Waals surface area contributed by atoms with Crippen molar-refractivity contribution in [1.82, 2.24) is 0 Å². The molecule has 3 atom stereocenters. The highest BCUT2D eigenvalue weighted by Gasteiger charge is 2.43. The van der Waals surface area contributed by atoms with E-state index in [0.717, 1.165) is 6.07 Å². The molecule has 0 aromatic heterocycles. The minimum atomic E-state index is -4.60. The van der Waals surface area contributed by atoms with Crippen LogP contribution in [0.25, 0.3) is 0 Å². The average Bonchev–Trinajstić information content (AvgIpc) is 2.84. The monoisotopic (exact) mass is 589 g/mol. The summed E-state index contributed by atoms with van der Waals surface area (Å²) in [5.74, 6) is -2.07. The van der Waals surface area contributed by atoms with Crippen molar-refractivity contribution in [3.05, 3.63) is 60.2 Å². The van der Waals surface area contributed by atoms with Crippen LogP contribution in [0.3, 0.4) is 0 Å². The third-order valence-electron chi connectivity index (χ3n) is 6.59. The van der Waals surface area contributed by atoms with Crippen molar-refractivity contribution in [3.8, 4) is 0 Å². The lowest BCUT2D eigenvalue weighted by Crippen LogP contribution is -2.48. The predicted molar refractivity (Wildman–Crippen MR) is 157 cm³/mol. The molecule has 0 aliphatic heterocycles. The van der Waals surface area contributed by atoms with Gasteiger partial charge in [-0.15, -0.1) is 0 Å². The molecule has 2 N–H and O–H groups in total. The number of carbonyl (C=O) groups excluding carboxylic acids is 3. The highest BCUT2D eigenvalue weighted by molar-refractivity contribution is 7.86. The van der Waals surface area contributed by atoms with E-state index in [4.69, 9.17) is 9.47 Å². The van der Waals surface area contributed by atoms with E-state index in [1.54, 1.807) is 41.5 Å². The summed E-state index contributed by atoms with van der Waals surface area (Å²) < 4.78 is 45.5. The fourth-order valence-electron chi connectivity index (χ4n) is 4.15. The lowest BCUT2D eigenvalue weighted by atomic mass is 9.82. The van der Waals surface area contributed by atoms with Crippen LogP contribution in [0.4, 0.5) is 5.69 Å². The van der Waals surface area contributed by atoms with Crippen LogP contribution in [-0.4, -0.2) is 47.8 Å². The lowest BCUT2D eigenvalue weighted by Gasteiger charge is -2.38. The molecule has 3 unspecified atom stereocenters. The van der Waals surface area contributed by atoms with Gasteiger partial charge in [-0.2, -0.15) is 8.42 Å². The van der Waals surface area contributed by atoms with Crippen molar-refractivity contribution >= 4 is 33.3 Å². The maximum absolute atomic E-state index is 13.9. The average molecular weight is 590 g/mol. The first-order valence-electron chi connectivity index (χ1n) is 13.5. The minimum absolute atomic E-state index is 0.130. The van der Waals surface area contributed by atoms with Gasteiger partial charge in [0.15, 0.2) is 11.6 Å². The smallest absolute Gasteiger partial charge is 0.296 e. The van der Waals surface area contributed by atoms with Gasteiger partial charge < -0.3 is 14.8 Å². The van der Waals surface area contributed by atoms with Gasteiger partial charge in [-0.3, -0.25) is 18.9 Å². The van der Waals surface area contributed by atoms with Crippen molar-refractivity contribution < 1.29 is 36.8 Å². The van der Waals surface area contributed by atoms with Gasteiger partial charge in [-0.1, -0.05) is 70.2 Å². The number of rotatable bonds is 12. The second-order valence-corrected chi connectivity index (χ2v) is 14.1. The Morgan fingerprint density at radius 2 is 1.39 bits per heavy atom. The summed E-state index contributed by atoms with van der Waals surface area (Å²) in [5.41, 5.74) is -2.15. The number of hydrogen-bond acceptors (Lipinski definition) is 7. The maximum atomic E-state index is 13.9. The third-order valence-corrected chi connectivity index (χ3v) is 7.50. The third kappa shape index (κ3) is 9.85. The van der Waals surface area contributed by atoms with Crippen molar-refractivity contribution in [2.45, 2.75) is 97.0 Å². The number of carbonyl (C=O) groups is 3. The van der Waals surface area contributed by atoms with Gasteiger partial charge in [0.1, 0.15) is 17.1 Å². The van der Waals surface area contributed by atoms with E-state index in [1.165, 1.54) is 18.2 Å². The van der Waals surface area contributed by atoms with Crippen LogP contribution in [0.5, 0.6) is 0 Å². The topological polar surface area (TPSA) is 136 Å². The summed E-state index contributed by atoms with van der Waals surface area (Å²) in [4.78, 5) is 39.9. The van der Waals surface area contributed by atoms with Gasteiger partial charge in [-0.25, -0.2) is 0 Å². The Bertz CT molecular complexity index is 1340. The molecule has 0 saturated carbocycles. The zero-order valence-electron chi connectivity index (χ0n) is 25.3. The quantitative estimate of drug-likeness (QED) is 0.296. The highest BCUT2D eigenvalue weighted by Crippen LogP contribution is 2.35. The molecular weight excluding hydrogens is 546 g/mol. The van der Waals surface area contributed by atoms with E-state index in [9.17, 15) is 27.4 Å². The van der Waals surface area contributed by atoms with E-state index >= 15 is 0 Å². The SMILES string of the molecule is CC(C(=O)C(OC(C)(C)C)c1ccccc1)C(C)(C)OC(CC(=O)Nc1ccccc1S(=O)(=O)O)C(=O)C(C)(C)C. The van der Waals surface area contributed by atoms with E-state index in [1.807, 2.05) is 51.1 Å². The Morgan fingerprint density at radius 1 is 0.854 bits per heavy atom. The number of ketones is 2. The molecule has 10 heteroatoms. The lowest BCUT2D eigenvalue weighted by molar-refractivity contribution is -0.169. The molecule has 2 aromatic rings. The Balaban J connectivity index is 2.36. The first-order valence-corrected chi connectivity index (χ1v) is 14.9. The molecule has 0 spiro atoms. The zero-order chi connectivity index (χ0) is 31.4. The first-order chi connectivity index (χ1) is 18.6. The van der Waals surface area contributed by atoms with Crippen LogP contribution in [0, 0.1) is 11.3 Å². The molecule has 0 fully saturated rings. The van der Waals surface area contributed by atoms with Crippen LogP contribution < -0.4 is 5.32 Å². The normalized spacial score (nSPS) is 15.1. The summed E-state index contributed by atoms with van der Waals surface area (Å²) in [6, 6.07) is 14.5. The Morgan fingerprint density at radius 3 is 1.90 bits per heavy atom. The molecule has 0 radical (unpaired) electrons. The molecule has 2 rings (SSSR count). The maximum Gasteiger partial charge on any atom is 0.296 e. The molecule has 0 aliphatic rings. The number of Topliss-reactive ketones (excluding diaryl/α,β-unsaturated/α-hetero) is 2. The fraction of sp³-hybridized carbons (Fsp3) is 0.516. The molecule has 2 aromatic carbocycles. The molecule has 41 heavy (non-hydrogen) atoms. The van der Waals surface area contributed by atoms with Gasteiger partial charge in [0, 0.05) is 11.3 Å². The van der Waals surface area contributed by atoms with Crippen molar-refractivity contribution in [2.24, 2.45) is 11.3 Å². The molecule has 0 saturated heterocycles. The summed E-state index contributed by atoms with van der Waals surface area (Å²) in [6.07, 6.45) is -2.58. The summed E-state index contributed by atoms with van der Waals surface area (Å²) >= 11 is 0. The molecular formula is C31H43NO8S. The van der Waals surface area contributed by atoms with Gasteiger partial charge in [0.25, 0.3) is 10.1 Å². The number of para-hydroxylation sites is 1. The van der Waals surface area contributed by atoms with E-state index in [2.05, 4.69) is 5.32 Å². The van der Waals surface area contributed by atoms with Crippen LogP contribution in [-0.2, 0) is 34.0 Å². The Hall–Kier alpha value is -2.92. The molecule has 9 nitrogen and oxygen atoms in total. The summed E-state index contributed by atoms with van der Waals surface area (Å²) in [5, 5.41) is 2.46. The van der Waals surface area contributed by atoms with Crippen LogP contribution in [0.2, 0.25) is 0 Å². The number of ether oxygens (including phenoxy) is 2. The number of benzene rings is 2. The number of amides is 1. The standard InChI is InChI=1S/C31H43NO8S/c1-20(26(34)27(40-30(5,6)7)21-15-11-10-12-16-21)31(8,9)39-23(28(35)29(2,3)4)19-25(33)32-22-17-13-14-18-24(22)41(36,37)38/h10-18,20,23,27H,19H2,1-9H3,(H,32,33)(H,36,37,38). The minimum Gasteiger partial charge on any atom is -0.363 e. The summed E-state index contributed by atoms with van der Waals surface area (Å²) in [7, 11) is -4.60. The van der Waals surface area contributed by atoms with Crippen LogP contribution >= 0.6 is 0 Å². The zero-order valence-corrected chi connectivity index (χ0v) is 26.2. The molecule has 0 heterocycles. The fourth-order valence-corrected chi connectivity index (χ4v) is 4.79. The molecule has 0 bridgehead atoms. The Kier molecular flexibility index (Phi) is 10.8. The second kappa shape index (κ2) is 12.9. The Labute approximate surface area is 243 Å². The van der Waals surface area contributed by atoms with Crippen molar-refractivity contribution in [2.75, 3.05) is 5.32 Å². The van der Waals surface area contributed by atoms with Crippen molar-refractivity contribution in [1.29, 1.82) is 0 Å². The van der Waals surface area contributed by atoms with Gasteiger partial charge in [0.2, 0.25) is 5.91 Å². The van der Waals surface area contributed by atoms with E-state index in [-0.39, 0.29) is 17.3 Å². The molecule has 0 aliphatic carbocycles. The van der Waals surface area contributed by atoms with Gasteiger partial charge in [0.05, 0.1) is 23.3 Å². The van der Waals surface area contributed by atoms with E-state index in [0.29, 0.717) is 5.56 Å². The highest BCUT2D eigenvalue weighted by atomic mass is 32.2. The first kappa shape index (κ1) is 34.3. The molecule has 1 amide bonds. The number of nitrogens with one attached hydrogen (secondary N) is 1. The predicted octanol–water partition coefficient (Wildman–Crippen LogP) is 5.80. The van der Waals surface area contributed by atoms with Crippen LogP contribution in [0.15, 0.2) is 59.5 Å². The van der Waals surface area contributed by atoms with Gasteiger partial charge in [-0.05, 0) is 52.3 Å². The number of anilines is 1. The van der Waals surface area contributed by atoms with Crippen molar-refractivity contribution in [3.63, 3.8) is 0 Å². The second-order valence-electron chi connectivity index (χ2n) is 12.7. The van der Waals surface area contributed by atoms with Gasteiger partial charge >= 0.3 is 0 Å². The summed E-state index contributed by atoms with van der Waals surface area (Å²) in [6.45, 7) is 15.7. The van der Waals surface area contributed by atoms with E-state index < -0.39 is 62.1 Å².